The lowest BCUT2D eigenvalue weighted by atomic mass is 10.1. The van der Waals surface area contributed by atoms with E-state index in [0.717, 1.165) is 4.47 Å². The highest BCUT2D eigenvalue weighted by atomic mass is 79.9. The van der Waals surface area contributed by atoms with Gasteiger partial charge in [-0.25, -0.2) is 4.79 Å². The van der Waals surface area contributed by atoms with E-state index in [1.807, 2.05) is 12.1 Å². The number of halogens is 2. The SMILES string of the molecule is N#C/C(=C/c1ccc(OCC(=O)O)c(Cl)c1)C(=O)Nc1cccc(Br)c1. The van der Waals surface area contributed by atoms with E-state index in [4.69, 9.17) is 21.4 Å². The standard InChI is InChI=1S/C18H12BrClN2O4/c19-13-2-1-3-14(8-13)22-18(25)12(9-21)6-11-4-5-16(15(20)7-11)26-10-17(23)24/h1-8H,10H2,(H,22,25)(H,23,24)/b12-6-. The summed E-state index contributed by atoms with van der Waals surface area (Å²) in [5.74, 6) is -1.49. The number of nitriles is 1. The molecule has 0 aliphatic heterocycles. The summed E-state index contributed by atoms with van der Waals surface area (Å²) in [5.41, 5.74) is 0.930. The Morgan fingerprint density at radius 3 is 2.69 bits per heavy atom. The molecule has 0 aromatic heterocycles. The van der Waals surface area contributed by atoms with Gasteiger partial charge in [-0.3, -0.25) is 4.79 Å². The van der Waals surface area contributed by atoms with Crippen LogP contribution < -0.4 is 10.1 Å². The van der Waals surface area contributed by atoms with Gasteiger partial charge < -0.3 is 15.2 Å². The van der Waals surface area contributed by atoms with Gasteiger partial charge >= 0.3 is 5.97 Å². The number of nitrogens with zero attached hydrogens (tertiary/aromatic N) is 1. The minimum Gasteiger partial charge on any atom is -0.480 e. The van der Waals surface area contributed by atoms with Crippen LogP contribution in [0.5, 0.6) is 5.75 Å². The Morgan fingerprint density at radius 2 is 2.08 bits per heavy atom. The molecule has 0 bridgehead atoms. The summed E-state index contributed by atoms with van der Waals surface area (Å²) in [7, 11) is 0. The molecule has 0 heterocycles. The zero-order valence-corrected chi connectivity index (χ0v) is 15.5. The molecule has 0 saturated carbocycles. The van der Waals surface area contributed by atoms with Crippen molar-refractivity contribution in [3.05, 3.63) is 63.1 Å². The summed E-state index contributed by atoms with van der Waals surface area (Å²) in [6.45, 7) is -0.520. The Balaban J connectivity index is 2.17. The Labute approximate surface area is 162 Å². The number of rotatable bonds is 6. The number of amides is 1. The predicted molar refractivity (Wildman–Crippen MR) is 101 cm³/mol. The molecule has 132 valence electrons. The van der Waals surface area contributed by atoms with Crippen LogP contribution in [-0.2, 0) is 9.59 Å². The molecule has 0 spiro atoms. The number of carboxylic acids is 1. The first-order valence-corrected chi connectivity index (χ1v) is 8.39. The number of carbonyl (C=O) groups excluding carboxylic acids is 1. The molecule has 0 unspecified atom stereocenters. The first-order valence-electron chi connectivity index (χ1n) is 7.22. The zero-order chi connectivity index (χ0) is 19.1. The third-order valence-corrected chi connectivity index (χ3v) is 3.85. The lowest BCUT2D eigenvalue weighted by molar-refractivity contribution is -0.139. The molecular formula is C18H12BrClN2O4. The average Bonchev–Trinajstić information content (AvgIpc) is 2.58. The maximum Gasteiger partial charge on any atom is 0.341 e. The fraction of sp³-hybridized carbons (Fsp3) is 0.0556. The minimum absolute atomic E-state index is 0.111. The van der Waals surface area contributed by atoms with E-state index in [-0.39, 0.29) is 16.3 Å². The van der Waals surface area contributed by atoms with Crippen LogP contribution in [0, 0.1) is 11.3 Å². The Hall–Kier alpha value is -2.82. The Kier molecular flexibility index (Phi) is 6.78. The van der Waals surface area contributed by atoms with Crippen molar-refractivity contribution in [2.45, 2.75) is 0 Å². The van der Waals surface area contributed by atoms with Crippen molar-refractivity contribution in [1.82, 2.24) is 0 Å². The lowest BCUT2D eigenvalue weighted by Crippen LogP contribution is -2.13. The Bertz CT molecular complexity index is 922. The molecule has 0 saturated heterocycles. The minimum atomic E-state index is -1.12. The summed E-state index contributed by atoms with van der Waals surface area (Å²) >= 11 is 9.33. The average molecular weight is 436 g/mol. The molecule has 2 N–H and O–H groups in total. The second-order valence-electron chi connectivity index (χ2n) is 5.01. The van der Waals surface area contributed by atoms with Crippen molar-refractivity contribution in [3.8, 4) is 11.8 Å². The number of ether oxygens (including phenoxy) is 1. The number of carboxylic acid groups (broad SMARTS) is 1. The number of benzene rings is 2. The summed E-state index contributed by atoms with van der Waals surface area (Å²) in [6.07, 6.45) is 1.38. The topological polar surface area (TPSA) is 99.4 Å². The van der Waals surface area contributed by atoms with Crippen molar-refractivity contribution in [3.63, 3.8) is 0 Å². The first-order chi connectivity index (χ1) is 12.4. The molecule has 0 radical (unpaired) electrons. The van der Waals surface area contributed by atoms with Crippen molar-refractivity contribution in [2.24, 2.45) is 0 Å². The van der Waals surface area contributed by atoms with E-state index < -0.39 is 18.5 Å². The maximum absolute atomic E-state index is 12.2. The molecule has 2 aromatic carbocycles. The highest BCUT2D eigenvalue weighted by Crippen LogP contribution is 2.26. The van der Waals surface area contributed by atoms with Crippen LogP contribution in [0.4, 0.5) is 5.69 Å². The van der Waals surface area contributed by atoms with Crippen LogP contribution in [-0.4, -0.2) is 23.6 Å². The number of anilines is 1. The summed E-state index contributed by atoms with van der Waals surface area (Å²) in [4.78, 5) is 22.8. The normalized spacial score (nSPS) is 10.7. The van der Waals surface area contributed by atoms with E-state index in [1.165, 1.54) is 18.2 Å². The molecule has 0 aliphatic rings. The van der Waals surface area contributed by atoms with Gasteiger partial charge in [0.2, 0.25) is 0 Å². The first kappa shape index (κ1) is 19.5. The molecule has 0 aliphatic carbocycles. The van der Waals surface area contributed by atoms with Gasteiger partial charge in [0.05, 0.1) is 5.02 Å². The second kappa shape index (κ2) is 9.04. The number of hydrogen-bond donors (Lipinski definition) is 2. The second-order valence-corrected chi connectivity index (χ2v) is 6.33. The molecule has 26 heavy (non-hydrogen) atoms. The zero-order valence-electron chi connectivity index (χ0n) is 13.2. The van der Waals surface area contributed by atoms with Crippen LogP contribution in [0.1, 0.15) is 5.56 Å². The van der Waals surface area contributed by atoms with Gasteiger partial charge in [-0.15, -0.1) is 0 Å². The van der Waals surface area contributed by atoms with Crippen LogP contribution in [0.15, 0.2) is 52.5 Å². The molecule has 6 nitrogen and oxygen atoms in total. The molecule has 8 heteroatoms. The highest BCUT2D eigenvalue weighted by Gasteiger charge is 2.11. The van der Waals surface area contributed by atoms with Gasteiger partial charge in [0.25, 0.3) is 5.91 Å². The van der Waals surface area contributed by atoms with Crippen molar-refractivity contribution >= 4 is 51.2 Å². The number of aliphatic carboxylic acids is 1. The van der Waals surface area contributed by atoms with E-state index in [9.17, 15) is 14.9 Å². The largest absolute Gasteiger partial charge is 0.480 e. The van der Waals surface area contributed by atoms with Crippen molar-refractivity contribution in [2.75, 3.05) is 11.9 Å². The van der Waals surface area contributed by atoms with Crippen LogP contribution in [0.2, 0.25) is 5.02 Å². The third kappa shape index (κ3) is 5.62. The van der Waals surface area contributed by atoms with Gasteiger partial charge in [0.15, 0.2) is 6.61 Å². The smallest absolute Gasteiger partial charge is 0.341 e. The van der Waals surface area contributed by atoms with Gasteiger partial charge in [-0.2, -0.15) is 5.26 Å². The van der Waals surface area contributed by atoms with E-state index in [2.05, 4.69) is 21.2 Å². The number of carbonyl (C=O) groups is 2. The fourth-order valence-electron chi connectivity index (χ4n) is 1.94. The molecule has 0 atom stereocenters. The molecule has 2 rings (SSSR count). The summed E-state index contributed by atoms with van der Waals surface area (Å²) in [6, 6.07) is 13.3. The van der Waals surface area contributed by atoms with Crippen molar-refractivity contribution in [1.29, 1.82) is 5.26 Å². The van der Waals surface area contributed by atoms with Gasteiger partial charge in [-0.1, -0.05) is 39.7 Å². The van der Waals surface area contributed by atoms with E-state index in [1.54, 1.807) is 24.3 Å². The number of nitrogens with one attached hydrogen (secondary N) is 1. The fourth-order valence-corrected chi connectivity index (χ4v) is 2.59. The van der Waals surface area contributed by atoms with E-state index in [0.29, 0.717) is 11.3 Å². The monoisotopic (exact) mass is 434 g/mol. The van der Waals surface area contributed by atoms with Gasteiger partial charge in [0.1, 0.15) is 17.4 Å². The maximum atomic E-state index is 12.2. The van der Waals surface area contributed by atoms with Gasteiger partial charge in [-0.05, 0) is 42.0 Å². The van der Waals surface area contributed by atoms with E-state index >= 15 is 0 Å². The van der Waals surface area contributed by atoms with Crippen LogP contribution in [0.3, 0.4) is 0 Å². The predicted octanol–water partition coefficient (Wildman–Crippen LogP) is 4.11. The highest BCUT2D eigenvalue weighted by molar-refractivity contribution is 9.10. The molecule has 0 fully saturated rings. The summed E-state index contributed by atoms with van der Waals surface area (Å²) < 4.78 is 5.81. The summed E-state index contributed by atoms with van der Waals surface area (Å²) in [5, 5.41) is 20.7. The molecule has 1 amide bonds. The lowest BCUT2D eigenvalue weighted by Gasteiger charge is -2.07. The third-order valence-electron chi connectivity index (χ3n) is 3.07. The van der Waals surface area contributed by atoms with Crippen LogP contribution >= 0.6 is 27.5 Å². The molecular weight excluding hydrogens is 424 g/mol. The van der Waals surface area contributed by atoms with Gasteiger partial charge in [0, 0.05) is 10.2 Å². The number of hydrogen-bond acceptors (Lipinski definition) is 4. The van der Waals surface area contributed by atoms with Crippen LogP contribution in [0.25, 0.3) is 6.08 Å². The van der Waals surface area contributed by atoms with Crippen molar-refractivity contribution < 1.29 is 19.4 Å². The Morgan fingerprint density at radius 1 is 1.31 bits per heavy atom. The quantitative estimate of drug-likeness (QED) is 0.525. The molecule has 2 aromatic rings.